The number of guanidine groups is 1. The number of hydrogen-bond acceptors (Lipinski definition) is 4. The number of benzene rings is 1. The molecular weight excluding hydrogens is 416 g/mol. The molecule has 0 amide bonds. The number of likely N-dealkylation sites (tertiary alicyclic amines) is 1. The van der Waals surface area contributed by atoms with E-state index in [2.05, 4.69) is 38.0 Å². The number of piperazine rings is 1. The molecule has 5 nitrogen and oxygen atoms in total. The minimum Gasteiger partial charge on any atom is -0.340 e. The number of nitrogens with zero attached hydrogens (tertiary/aromatic N) is 5. The van der Waals surface area contributed by atoms with Crippen LogP contribution in [0.3, 0.4) is 0 Å². The molecule has 0 radical (unpaired) electrons. The van der Waals surface area contributed by atoms with E-state index in [9.17, 15) is 8.78 Å². The zero-order valence-electron chi connectivity index (χ0n) is 16.6. The van der Waals surface area contributed by atoms with Crippen LogP contribution in [0.5, 0.6) is 0 Å². The normalized spacial score (nSPS) is 21.3. The maximum Gasteiger partial charge on any atom is 0.251 e. The Morgan fingerprint density at radius 1 is 1.03 bits per heavy atom. The van der Waals surface area contributed by atoms with E-state index in [-0.39, 0.29) is 25.9 Å². The highest BCUT2D eigenvalue weighted by atomic mass is 35.5. The van der Waals surface area contributed by atoms with Gasteiger partial charge in [0.2, 0.25) is 5.96 Å². The third kappa shape index (κ3) is 7.20. The van der Waals surface area contributed by atoms with E-state index in [0.717, 1.165) is 50.0 Å². The Hall–Kier alpha value is -1.22. The van der Waals surface area contributed by atoms with Crippen LogP contribution in [0, 0.1) is 0 Å². The van der Waals surface area contributed by atoms with E-state index in [1.165, 1.54) is 17.5 Å². The third-order valence-corrected chi connectivity index (χ3v) is 6.43. The Morgan fingerprint density at radius 3 is 2.28 bits per heavy atom. The molecule has 2 heterocycles. The smallest absolute Gasteiger partial charge is 0.251 e. The van der Waals surface area contributed by atoms with Crippen molar-refractivity contribution in [3.63, 3.8) is 0 Å². The molecule has 0 aromatic heterocycles. The van der Waals surface area contributed by atoms with Gasteiger partial charge in [-0.3, -0.25) is 4.90 Å². The molecule has 3 rings (SSSR count). The zero-order chi connectivity index (χ0) is 20.7. The molecule has 9 heteroatoms. The summed E-state index contributed by atoms with van der Waals surface area (Å²) in [6, 6.07) is 8.05. The largest absolute Gasteiger partial charge is 0.340 e. The molecule has 0 N–H and O–H groups in total. The van der Waals surface area contributed by atoms with Gasteiger partial charge >= 0.3 is 0 Å². The summed E-state index contributed by atoms with van der Waals surface area (Å²) in [6.45, 7) is 9.20. The van der Waals surface area contributed by atoms with Crippen molar-refractivity contribution in [1.29, 1.82) is 0 Å². The van der Waals surface area contributed by atoms with Gasteiger partial charge in [0.25, 0.3) is 5.92 Å². The number of aliphatic imine (C=N–C) groups is 1. The fourth-order valence-corrected chi connectivity index (χ4v) is 4.36. The Morgan fingerprint density at radius 2 is 1.66 bits per heavy atom. The molecule has 0 saturated carbocycles. The minimum absolute atomic E-state index is 0.149. The van der Waals surface area contributed by atoms with E-state index in [0.29, 0.717) is 5.96 Å². The monoisotopic (exact) mass is 443 g/mol. The lowest BCUT2D eigenvalue weighted by Gasteiger charge is -2.34. The van der Waals surface area contributed by atoms with Gasteiger partial charge in [0.15, 0.2) is 0 Å². The summed E-state index contributed by atoms with van der Waals surface area (Å²) in [5.74, 6) is -1.33. The molecule has 160 valence electrons. The fraction of sp³-hybridized carbons (Fsp3) is 0.600. The summed E-state index contributed by atoms with van der Waals surface area (Å²) < 4.78 is 31.0. The third-order valence-electron chi connectivity index (χ3n) is 5.40. The van der Waals surface area contributed by atoms with Gasteiger partial charge < -0.3 is 9.80 Å². The highest BCUT2D eigenvalue weighted by Gasteiger charge is 2.34. The second-order valence-corrected chi connectivity index (χ2v) is 8.62. The maximum atomic E-state index is 13.3. The molecule has 0 bridgehead atoms. The van der Waals surface area contributed by atoms with Gasteiger partial charge in [0.05, 0.1) is 5.88 Å². The summed E-state index contributed by atoms with van der Waals surface area (Å²) in [5, 5.41) is 0.774. The Kier molecular flexibility index (Phi) is 8.29. The first-order valence-electron chi connectivity index (χ1n) is 9.94. The first-order valence-corrected chi connectivity index (χ1v) is 11.3. The quantitative estimate of drug-likeness (QED) is 0.379. The topological polar surface area (TPSA) is 34.4 Å². The van der Waals surface area contributed by atoms with Crippen molar-refractivity contribution in [3.05, 3.63) is 34.9 Å². The van der Waals surface area contributed by atoms with Crippen LogP contribution in [-0.4, -0.2) is 85.0 Å². The van der Waals surface area contributed by atoms with Crippen molar-refractivity contribution in [2.75, 3.05) is 51.7 Å². The van der Waals surface area contributed by atoms with Crippen LogP contribution in [0.25, 0.3) is 0 Å². The molecule has 2 aliphatic heterocycles. The Bertz CT molecular complexity index is 683. The summed E-state index contributed by atoms with van der Waals surface area (Å²) in [5.41, 5.74) is 1.31. The summed E-state index contributed by atoms with van der Waals surface area (Å²) in [7, 11) is 0. The molecular formula is C20H28ClF2N5S. The van der Waals surface area contributed by atoms with Crippen molar-refractivity contribution < 1.29 is 8.78 Å². The molecule has 2 saturated heterocycles. The predicted molar refractivity (Wildman–Crippen MR) is 118 cm³/mol. The minimum atomic E-state index is -2.57. The van der Waals surface area contributed by atoms with Crippen molar-refractivity contribution in [2.45, 2.75) is 25.2 Å². The molecule has 2 aliphatic rings. The predicted octanol–water partition coefficient (Wildman–Crippen LogP) is 3.89. The Balaban J connectivity index is 1.35. The van der Waals surface area contributed by atoms with Gasteiger partial charge in [-0.25, -0.2) is 13.8 Å². The lowest BCUT2D eigenvalue weighted by Crippen LogP contribution is -2.46. The molecule has 0 spiro atoms. The maximum absolute atomic E-state index is 13.3. The van der Waals surface area contributed by atoms with Gasteiger partial charge in [-0.05, 0) is 42.8 Å². The molecule has 0 atom stereocenters. The lowest BCUT2D eigenvalue weighted by atomic mass is 10.1. The highest BCUT2D eigenvalue weighted by molar-refractivity contribution is 7.98. The van der Waals surface area contributed by atoms with Crippen LogP contribution in [0.1, 0.15) is 18.4 Å². The zero-order valence-corrected chi connectivity index (χ0v) is 18.1. The van der Waals surface area contributed by atoms with Crippen LogP contribution >= 0.6 is 23.5 Å². The average Bonchev–Trinajstić information content (AvgIpc) is 2.72. The number of hydrogen-bond donors (Lipinski definition) is 0. The van der Waals surface area contributed by atoms with E-state index < -0.39 is 5.92 Å². The van der Waals surface area contributed by atoms with Crippen LogP contribution in [0.4, 0.5) is 8.78 Å². The van der Waals surface area contributed by atoms with Gasteiger partial charge in [0.1, 0.15) is 0 Å². The number of halogens is 3. The van der Waals surface area contributed by atoms with Crippen LogP contribution in [0.2, 0.25) is 5.02 Å². The van der Waals surface area contributed by atoms with Crippen molar-refractivity contribution >= 4 is 36.2 Å². The van der Waals surface area contributed by atoms with E-state index in [1.54, 1.807) is 4.90 Å². The summed E-state index contributed by atoms with van der Waals surface area (Å²) >= 11 is 7.35. The second kappa shape index (κ2) is 10.7. The van der Waals surface area contributed by atoms with Crippen LogP contribution in [0.15, 0.2) is 33.7 Å². The average molecular weight is 444 g/mol. The van der Waals surface area contributed by atoms with Crippen molar-refractivity contribution in [3.8, 4) is 0 Å². The molecule has 0 unspecified atom stereocenters. The van der Waals surface area contributed by atoms with E-state index in [4.69, 9.17) is 11.6 Å². The standard InChI is InChI=1S/C20H28ClF2N5S/c1-24-19(28-10-7-20(22,23)8-11-28)25-29-16-27-14-12-26(13-15-27)9-6-17-2-4-18(21)5-3-17/h2-5H,1,6-16H2. The molecule has 1 aromatic carbocycles. The fourth-order valence-electron chi connectivity index (χ4n) is 3.47. The SMILES string of the molecule is C=NC(=NSCN1CCN(CCc2ccc(Cl)cc2)CC1)N1CCC(F)(F)CC1. The molecule has 0 aliphatic carbocycles. The molecule has 2 fully saturated rings. The van der Waals surface area contributed by atoms with Crippen molar-refractivity contribution in [1.82, 2.24) is 14.7 Å². The highest BCUT2D eigenvalue weighted by Crippen LogP contribution is 2.28. The van der Waals surface area contributed by atoms with Gasteiger partial charge in [0, 0.05) is 63.7 Å². The first kappa shape index (κ1) is 22.5. The van der Waals surface area contributed by atoms with Gasteiger partial charge in [-0.1, -0.05) is 23.7 Å². The van der Waals surface area contributed by atoms with E-state index >= 15 is 0 Å². The van der Waals surface area contributed by atoms with Gasteiger partial charge in [-0.2, -0.15) is 4.40 Å². The molecule has 29 heavy (non-hydrogen) atoms. The first-order chi connectivity index (χ1) is 13.9. The summed E-state index contributed by atoms with van der Waals surface area (Å²) in [6.07, 6.45) is 0.730. The van der Waals surface area contributed by atoms with Gasteiger partial charge in [-0.15, -0.1) is 0 Å². The lowest BCUT2D eigenvalue weighted by molar-refractivity contribution is -0.0435. The number of alkyl halides is 2. The number of piperidine rings is 1. The van der Waals surface area contributed by atoms with Crippen molar-refractivity contribution in [2.24, 2.45) is 9.39 Å². The molecule has 1 aromatic rings. The number of rotatable bonds is 6. The van der Waals surface area contributed by atoms with Crippen LogP contribution < -0.4 is 0 Å². The Labute approximate surface area is 180 Å². The summed E-state index contributed by atoms with van der Waals surface area (Å²) in [4.78, 5) is 10.6. The van der Waals surface area contributed by atoms with Crippen LogP contribution in [-0.2, 0) is 6.42 Å². The second-order valence-electron chi connectivity index (χ2n) is 7.49. The van der Waals surface area contributed by atoms with E-state index in [1.807, 2.05) is 12.1 Å².